The average Bonchev–Trinajstić information content (AvgIpc) is 2.84. The Morgan fingerprint density at radius 1 is 1.54 bits per heavy atom. The number of phosphoric ester groups is 1. The zero-order valence-corrected chi connectivity index (χ0v) is 13.0. The van der Waals surface area contributed by atoms with Crippen LogP contribution in [0.4, 0.5) is 0 Å². The first-order valence-corrected chi connectivity index (χ1v) is 8.19. The minimum Gasteiger partial charge on any atom is -0.390 e. The smallest absolute Gasteiger partial charge is 0.390 e. The van der Waals surface area contributed by atoms with Crippen molar-refractivity contribution in [3.63, 3.8) is 0 Å². The number of H-pyrrole nitrogens is 1. The third-order valence-electron chi connectivity index (χ3n) is 3.25. The fraction of sp³-hybridized carbons (Fsp3) is 0.417. The van der Waals surface area contributed by atoms with E-state index in [1.807, 2.05) is 0 Å². The highest BCUT2D eigenvalue weighted by molar-refractivity contribution is 7.46. The predicted molar refractivity (Wildman–Crippen MR) is 78.5 cm³/mol. The number of aliphatic hydroxyl groups is 1. The van der Waals surface area contributed by atoms with Crippen molar-refractivity contribution in [3.8, 4) is 6.07 Å². The molecule has 1 unspecified atom stereocenters. The number of hydrogen-bond donors (Lipinski definition) is 4. The van der Waals surface area contributed by atoms with Crippen LogP contribution < -0.4 is 11.2 Å². The molecule has 0 amide bonds. The van der Waals surface area contributed by atoms with E-state index in [0.29, 0.717) is 0 Å². The van der Waals surface area contributed by atoms with Gasteiger partial charge in [0.05, 0.1) is 24.3 Å². The highest BCUT2D eigenvalue weighted by Crippen LogP contribution is 2.38. The van der Waals surface area contributed by atoms with Crippen LogP contribution in [-0.2, 0) is 13.8 Å². The molecule has 0 aromatic carbocycles. The fourth-order valence-electron chi connectivity index (χ4n) is 2.17. The Balaban J connectivity index is 2.22. The molecule has 1 aromatic heterocycles. The molecule has 2 heterocycles. The molecule has 0 spiro atoms. The Labute approximate surface area is 134 Å². The maximum absolute atomic E-state index is 11.9. The highest BCUT2D eigenvalue weighted by atomic mass is 31.2. The van der Waals surface area contributed by atoms with Gasteiger partial charge in [-0.1, -0.05) is 0 Å². The molecular weight excluding hydrogens is 345 g/mol. The van der Waals surface area contributed by atoms with Gasteiger partial charge in [-0.3, -0.25) is 18.9 Å². The summed E-state index contributed by atoms with van der Waals surface area (Å²) in [6.07, 6.45) is 0.220. The van der Waals surface area contributed by atoms with Crippen LogP contribution in [0, 0.1) is 11.3 Å². The molecule has 1 aliphatic heterocycles. The van der Waals surface area contributed by atoms with Gasteiger partial charge in [0.25, 0.3) is 5.56 Å². The van der Waals surface area contributed by atoms with E-state index >= 15 is 0 Å². The second-order valence-electron chi connectivity index (χ2n) is 4.93. The van der Waals surface area contributed by atoms with E-state index in [0.717, 1.165) is 10.6 Å². The lowest BCUT2D eigenvalue weighted by atomic mass is 10.2. The van der Waals surface area contributed by atoms with Crippen molar-refractivity contribution >= 4 is 13.9 Å². The van der Waals surface area contributed by atoms with Crippen LogP contribution in [0.25, 0.3) is 6.08 Å². The summed E-state index contributed by atoms with van der Waals surface area (Å²) in [4.78, 5) is 42.9. The Bertz CT molecular complexity index is 832. The zero-order valence-electron chi connectivity index (χ0n) is 12.1. The standard InChI is InChI=1S/C12H14N3O8P/c13-3-1-2-7-5-15(12(18)14-11(7)17)10-4-8(16)9(23-10)6-22-24(19,20)21/h1-2,5,8-10,16H,4,6H2,(H,14,17,18)(H2,19,20,21)/b2-1+/t8?,9-,10-/m1/s1. The first-order valence-electron chi connectivity index (χ1n) is 6.66. The molecule has 2 rings (SSSR count). The van der Waals surface area contributed by atoms with Crippen molar-refractivity contribution in [2.75, 3.05) is 6.61 Å². The van der Waals surface area contributed by atoms with E-state index in [2.05, 4.69) is 9.51 Å². The summed E-state index contributed by atoms with van der Waals surface area (Å²) in [5.74, 6) is 0. The summed E-state index contributed by atoms with van der Waals surface area (Å²) in [5, 5.41) is 18.4. The summed E-state index contributed by atoms with van der Waals surface area (Å²) in [6, 6.07) is 1.71. The molecule has 1 aromatic rings. The Hall–Kier alpha value is -2.06. The van der Waals surface area contributed by atoms with Crippen LogP contribution in [-0.4, -0.2) is 43.3 Å². The van der Waals surface area contributed by atoms with Gasteiger partial charge in [-0.15, -0.1) is 0 Å². The predicted octanol–water partition coefficient (Wildman–Crippen LogP) is -1.17. The van der Waals surface area contributed by atoms with Crippen LogP contribution in [0.2, 0.25) is 0 Å². The van der Waals surface area contributed by atoms with Crippen molar-refractivity contribution in [1.82, 2.24) is 9.55 Å². The molecule has 130 valence electrons. The third-order valence-corrected chi connectivity index (χ3v) is 3.74. The Morgan fingerprint density at radius 3 is 2.88 bits per heavy atom. The van der Waals surface area contributed by atoms with Crippen LogP contribution in [0.5, 0.6) is 0 Å². The second kappa shape index (κ2) is 7.23. The molecule has 1 saturated heterocycles. The van der Waals surface area contributed by atoms with Crippen molar-refractivity contribution < 1.29 is 28.7 Å². The van der Waals surface area contributed by atoms with Gasteiger partial charge in [-0.25, -0.2) is 9.36 Å². The summed E-state index contributed by atoms with van der Waals surface area (Å²) >= 11 is 0. The number of nitrogens with one attached hydrogen (secondary N) is 1. The van der Waals surface area contributed by atoms with Crippen molar-refractivity contribution in [1.29, 1.82) is 5.26 Å². The Morgan fingerprint density at radius 2 is 2.25 bits per heavy atom. The number of ether oxygens (including phenoxy) is 1. The molecule has 11 nitrogen and oxygen atoms in total. The molecule has 0 aliphatic carbocycles. The summed E-state index contributed by atoms with van der Waals surface area (Å²) in [5.41, 5.74) is -1.45. The summed E-state index contributed by atoms with van der Waals surface area (Å²) < 4.78 is 21.4. The van der Waals surface area contributed by atoms with Crippen LogP contribution in [0.15, 0.2) is 21.9 Å². The molecule has 0 bridgehead atoms. The second-order valence-corrected chi connectivity index (χ2v) is 6.17. The van der Waals surface area contributed by atoms with Gasteiger partial charge in [-0.2, -0.15) is 5.26 Å². The van der Waals surface area contributed by atoms with Crippen molar-refractivity contribution in [2.45, 2.75) is 24.9 Å². The van der Waals surface area contributed by atoms with E-state index < -0.39 is 44.1 Å². The van der Waals surface area contributed by atoms with Crippen LogP contribution >= 0.6 is 7.82 Å². The lowest BCUT2D eigenvalue weighted by Gasteiger charge is -2.16. The first kappa shape index (κ1) is 18.3. The molecular formula is C12H14N3O8P. The highest BCUT2D eigenvalue weighted by Gasteiger charge is 2.37. The summed E-state index contributed by atoms with van der Waals surface area (Å²) in [7, 11) is -4.72. The number of aromatic nitrogens is 2. The quantitative estimate of drug-likeness (QED) is 0.373. The van der Waals surface area contributed by atoms with E-state index in [-0.39, 0.29) is 12.0 Å². The van der Waals surface area contributed by atoms with Gasteiger partial charge in [0.2, 0.25) is 0 Å². The lowest BCUT2D eigenvalue weighted by Crippen LogP contribution is -2.33. The number of rotatable bonds is 5. The number of nitriles is 1. The summed E-state index contributed by atoms with van der Waals surface area (Å²) in [6.45, 7) is -0.568. The maximum atomic E-state index is 11.9. The van der Waals surface area contributed by atoms with E-state index in [9.17, 15) is 19.3 Å². The number of phosphoric acid groups is 1. The molecule has 1 aliphatic rings. The molecule has 4 N–H and O–H groups in total. The third kappa shape index (κ3) is 4.48. The number of aromatic amines is 1. The molecule has 12 heteroatoms. The average molecular weight is 359 g/mol. The fourth-order valence-corrected chi connectivity index (χ4v) is 2.51. The Kier molecular flexibility index (Phi) is 5.51. The number of aliphatic hydroxyl groups excluding tert-OH is 1. The van der Waals surface area contributed by atoms with Gasteiger partial charge in [0.15, 0.2) is 0 Å². The van der Waals surface area contributed by atoms with Crippen molar-refractivity contribution in [3.05, 3.63) is 38.7 Å². The van der Waals surface area contributed by atoms with E-state index in [4.69, 9.17) is 19.8 Å². The van der Waals surface area contributed by atoms with Gasteiger partial charge in [0.1, 0.15) is 12.3 Å². The molecule has 0 radical (unpaired) electrons. The number of hydrogen-bond acceptors (Lipinski definition) is 7. The van der Waals surface area contributed by atoms with Crippen LogP contribution in [0.3, 0.4) is 0 Å². The topological polar surface area (TPSA) is 175 Å². The maximum Gasteiger partial charge on any atom is 0.469 e. The van der Waals surface area contributed by atoms with E-state index in [1.165, 1.54) is 12.3 Å². The van der Waals surface area contributed by atoms with Gasteiger partial charge in [-0.05, 0) is 6.08 Å². The normalized spacial score (nSPS) is 24.3. The largest absolute Gasteiger partial charge is 0.469 e. The number of allylic oxidation sites excluding steroid dienone is 1. The van der Waals surface area contributed by atoms with Gasteiger partial charge in [0, 0.05) is 18.7 Å². The molecule has 1 fully saturated rings. The number of nitrogens with zero attached hydrogens (tertiary/aromatic N) is 2. The monoisotopic (exact) mass is 359 g/mol. The van der Waals surface area contributed by atoms with Gasteiger partial charge >= 0.3 is 13.5 Å². The lowest BCUT2D eigenvalue weighted by molar-refractivity contribution is -0.0451. The zero-order chi connectivity index (χ0) is 17.9. The minimum atomic E-state index is -4.72. The van der Waals surface area contributed by atoms with Gasteiger partial charge < -0.3 is 19.6 Å². The minimum absolute atomic E-state index is 0.0316. The van der Waals surface area contributed by atoms with E-state index in [1.54, 1.807) is 6.07 Å². The molecule has 24 heavy (non-hydrogen) atoms. The first-order chi connectivity index (χ1) is 11.2. The SMILES string of the molecule is N#C/C=C/c1cn([C@H]2CC(O)[C@@H](COP(=O)(O)O)O2)c(=O)[nH]c1=O. The molecule has 3 atom stereocenters. The van der Waals surface area contributed by atoms with Crippen molar-refractivity contribution in [2.24, 2.45) is 0 Å². The van der Waals surface area contributed by atoms with Crippen LogP contribution in [0.1, 0.15) is 18.2 Å². The molecule has 0 saturated carbocycles.